The number of hydrogen-bond donors (Lipinski definition) is 0. The van der Waals surface area contributed by atoms with E-state index in [-0.39, 0.29) is 11.9 Å². The fraction of sp³-hybridized carbons (Fsp3) is 0.692. The summed E-state index contributed by atoms with van der Waals surface area (Å²) in [6, 6.07) is 0. The molecule has 3 heterocycles. The second-order valence-electron chi connectivity index (χ2n) is 5.03. The van der Waals surface area contributed by atoms with Gasteiger partial charge in [-0.1, -0.05) is 0 Å². The average molecular weight is 266 g/mol. The Kier molecular flexibility index (Phi) is 3.33. The quantitative estimate of drug-likeness (QED) is 0.766. The molecule has 2 aliphatic heterocycles. The third-order valence-electron chi connectivity index (χ3n) is 3.96. The van der Waals surface area contributed by atoms with Crippen molar-refractivity contribution < 1.29 is 9.53 Å². The molecule has 0 aromatic carbocycles. The van der Waals surface area contributed by atoms with Gasteiger partial charge in [0.15, 0.2) is 0 Å². The number of ether oxygens (including phenoxy) is 1. The van der Waals surface area contributed by atoms with Crippen LogP contribution in [-0.2, 0) is 22.5 Å². The van der Waals surface area contributed by atoms with E-state index in [2.05, 4.69) is 9.55 Å². The molecule has 0 bridgehead atoms. The maximum atomic E-state index is 11.6. The van der Waals surface area contributed by atoms with E-state index in [1.54, 1.807) is 0 Å². The van der Waals surface area contributed by atoms with Crippen LogP contribution in [0.1, 0.15) is 30.3 Å². The molecule has 2 aliphatic rings. The number of fused-ring (bicyclic) bond motifs is 1. The Morgan fingerprint density at radius 1 is 1.56 bits per heavy atom. The van der Waals surface area contributed by atoms with E-state index < -0.39 is 0 Å². The van der Waals surface area contributed by atoms with Crippen molar-refractivity contribution in [3.05, 3.63) is 17.7 Å². The van der Waals surface area contributed by atoms with Crippen LogP contribution in [-0.4, -0.2) is 34.1 Å². The maximum Gasteiger partial charge on any atom is 0.309 e. The lowest BCUT2D eigenvalue weighted by Gasteiger charge is -2.24. The Bertz CT molecular complexity index is 452. The molecule has 0 N–H and O–H groups in total. The first-order valence-electron chi connectivity index (χ1n) is 6.49. The highest BCUT2D eigenvalue weighted by Gasteiger charge is 2.30. The van der Waals surface area contributed by atoms with Crippen LogP contribution in [0.15, 0.2) is 6.20 Å². The SMILES string of the molecule is COC(=O)C1CCn2c(cnc2C2CCSC2)C1. The third-order valence-corrected chi connectivity index (χ3v) is 5.12. The zero-order chi connectivity index (χ0) is 12.5. The Balaban J connectivity index is 1.80. The van der Waals surface area contributed by atoms with Crippen LogP contribution in [0.4, 0.5) is 0 Å². The first-order valence-corrected chi connectivity index (χ1v) is 7.65. The number of aromatic nitrogens is 2. The summed E-state index contributed by atoms with van der Waals surface area (Å²) in [6.45, 7) is 0.908. The van der Waals surface area contributed by atoms with Crippen LogP contribution in [0.25, 0.3) is 0 Å². The zero-order valence-corrected chi connectivity index (χ0v) is 11.4. The zero-order valence-electron chi connectivity index (χ0n) is 10.6. The molecule has 1 fully saturated rings. The van der Waals surface area contributed by atoms with Crippen LogP contribution in [0.3, 0.4) is 0 Å². The molecule has 1 aromatic rings. The van der Waals surface area contributed by atoms with Gasteiger partial charge >= 0.3 is 5.97 Å². The molecule has 98 valence electrons. The van der Waals surface area contributed by atoms with E-state index in [0.29, 0.717) is 5.92 Å². The van der Waals surface area contributed by atoms with Crippen molar-refractivity contribution in [2.24, 2.45) is 5.92 Å². The number of carbonyl (C=O) groups is 1. The van der Waals surface area contributed by atoms with Gasteiger partial charge in [-0.05, 0) is 18.6 Å². The number of esters is 1. The largest absolute Gasteiger partial charge is 0.469 e. The van der Waals surface area contributed by atoms with Crippen LogP contribution in [0.2, 0.25) is 0 Å². The molecule has 5 heteroatoms. The molecule has 0 saturated carbocycles. The second-order valence-corrected chi connectivity index (χ2v) is 6.18. The number of carbonyl (C=O) groups excluding carboxylic acids is 1. The molecule has 1 aromatic heterocycles. The van der Waals surface area contributed by atoms with Gasteiger partial charge in [0.1, 0.15) is 5.82 Å². The Morgan fingerprint density at radius 2 is 2.44 bits per heavy atom. The highest BCUT2D eigenvalue weighted by atomic mass is 32.2. The molecule has 18 heavy (non-hydrogen) atoms. The van der Waals surface area contributed by atoms with Crippen LogP contribution >= 0.6 is 11.8 Å². The minimum Gasteiger partial charge on any atom is -0.469 e. The van der Waals surface area contributed by atoms with Gasteiger partial charge in [0, 0.05) is 36.5 Å². The van der Waals surface area contributed by atoms with Crippen molar-refractivity contribution in [3.63, 3.8) is 0 Å². The number of thioether (sulfide) groups is 1. The molecule has 4 nitrogen and oxygen atoms in total. The predicted octanol–water partition coefficient (Wildman–Crippen LogP) is 1.84. The second kappa shape index (κ2) is 4.96. The number of hydrogen-bond acceptors (Lipinski definition) is 4. The molecule has 2 atom stereocenters. The minimum absolute atomic E-state index is 0.0185. The summed E-state index contributed by atoms with van der Waals surface area (Å²) < 4.78 is 7.17. The molecule has 3 rings (SSSR count). The van der Waals surface area contributed by atoms with Crippen molar-refractivity contribution in [1.82, 2.24) is 9.55 Å². The summed E-state index contributed by atoms with van der Waals surface area (Å²) in [6.07, 6.45) is 4.84. The van der Waals surface area contributed by atoms with Gasteiger partial charge < -0.3 is 9.30 Å². The number of imidazole rings is 1. The Labute approximate surface area is 111 Å². The number of rotatable bonds is 2. The lowest BCUT2D eigenvalue weighted by atomic mass is 9.96. The molecule has 0 aliphatic carbocycles. The Morgan fingerprint density at radius 3 is 3.17 bits per heavy atom. The predicted molar refractivity (Wildman–Crippen MR) is 70.7 cm³/mol. The van der Waals surface area contributed by atoms with Crippen LogP contribution < -0.4 is 0 Å². The standard InChI is InChI=1S/C13H18N2O2S/c1-17-13(16)9-2-4-15-11(6-9)7-14-12(15)10-3-5-18-8-10/h7,9-10H,2-6,8H2,1H3. The van der Waals surface area contributed by atoms with E-state index in [4.69, 9.17) is 4.74 Å². The number of methoxy groups -OCH3 is 1. The molecule has 2 unspecified atom stereocenters. The summed E-state index contributed by atoms with van der Waals surface area (Å²) in [5.74, 6) is 4.22. The van der Waals surface area contributed by atoms with E-state index in [1.807, 2.05) is 18.0 Å². The van der Waals surface area contributed by atoms with Gasteiger partial charge in [-0.15, -0.1) is 0 Å². The van der Waals surface area contributed by atoms with E-state index in [0.717, 1.165) is 19.4 Å². The highest BCUT2D eigenvalue weighted by Crippen LogP contribution is 2.34. The van der Waals surface area contributed by atoms with Gasteiger partial charge in [0.2, 0.25) is 0 Å². The Hall–Kier alpha value is -0.970. The first-order chi connectivity index (χ1) is 8.79. The van der Waals surface area contributed by atoms with Gasteiger partial charge in [0.05, 0.1) is 13.0 Å². The smallest absolute Gasteiger partial charge is 0.309 e. The van der Waals surface area contributed by atoms with Gasteiger partial charge in [-0.3, -0.25) is 4.79 Å². The third kappa shape index (κ3) is 2.05. The topological polar surface area (TPSA) is 44.1 Å². The molecule has 0 amide bonds. The summed E-state index contributed by atoms with van der Waals surface area (Å²) in [7, 11) is 1.47. The monoisotopic (exact) mass is 266 g/mol. The van der Waals surface area contributed by atoms with Crippen LogP contribution in [0.5, 0.6) is 0 Å². The van der Waals surface area contributed by atoms with E-state index >= 15 is 0 Å². The summed E-state index contributed by atoms with van der Waals surface area (Å²) >= 11 is 2.01. The fourth-order valence-electron chi connectivity index (χ4n) is 2.92. The lowest BCUT2D eigenvalue weighted by molar-refractivity contribution is -0.146. The maximum absolute atomic E-state index is 11.6. The summed E-state index contributed by atoms with van der Waals surface area (Å²) in [4.78, 5) is 16.2. The van der Waals surface area contributed by atoms with Crippen molar-refractivity contribution in [1.29, 1.82) is 0 Å². The summed E-state index contributed by atoms with van der Waals surface area (Å²) in [5, 5.41) is 0. The molecular weight excluding hydrogens is 248 g/mol. The van der Waals surface area contributed by atoms with Gasteiger partial charge in [0.25, 0.3) is 0 Å². The lowest BCUT2D eigenvalue weighted by Crippen LogP contribution is -2.27. The van der Waals surface area contributed by atoms with Crippen molar-refractivity contribution in [3.8, 4) is 0 Å². The molecule has 1 saturated heterocycles. The van der Waals surface area contributed by atoms with E-state index in [1.165, 1.54) is 36.6 Å². The molecular formula is C13H18N2O2S. The summed E-state index contributed by atoms with van der Waals surface area (Å²) in [5.41, 5.74) is 1.20. The van der Waals surface area contributed by atoms with Crippen molar-refractivity contribution in [2.75, 3.05) is 18.6 Å². The highest BCUT2D eigenvalue weighted by molar-refractivity contribution is 7.99. The van der Waals surface area contributed by atoms with Gasteiger partial charge in [-0.2, -0.15) is 11.8 Å². The first kappa shape index (κ1) is 12.1. The van der Waals surface area contributed by atoms with Crippen molar-refractivity contribution >= 4 is 17.7 Å². The van der Waals surface area contributed by atoms with Crippen molar-refractivity contribution in [2.45, 2.75) is 31.7 Å². The van der Waals surface area contributed by atoms with E-state index in [9.17, 15) is 4.79 Å². The minimum atomic E-state index is -0.0829. The van der Waals surface area contributed by atoms with Crippen LogP contribution in [0, 0.1) is 5.92 Å². The number of nitrogens with zero attached hydrogens (tertiary/aromatic N) is 2. The fourth-order valence-corrected chi connectivity index (χ4v) is 4.14. The normalized spacial score (nSPS) is 26.9. The average Bonchev–Trinajstić information content (AvgIpc) is 3.05. The van der Waals surface area contributed by atoms with Gasteiger partial charge in [-0.25, -0.2) is 4.98 Å². The molecule has 0 radical (unpaired) electrons. The molecule has 0 spiro atoms.